The highest BCUT2D eigenvalue weighted by molar-refractivity contribution is 7.99. The second-order valence-electron chi connectivity index (χ2n) is 5.72. The molecule has 0 bridgehead atoms. The average molecular weight is 389 g/mol. The van der Waals surface area contributed by atoms with Gasteiger partial charge in [-0.1, -0.05) is 18.2 Å². The second kappa shape index (κ2) is 7.62. The van der Waals surface area contributed by atoms with Crippen molar-refractivity contribution in [3.05, 3.63) is 73.8 Å². The summed E-state index contributed by atoms with van der Waals surface area (Å²) in [5.74, 6) is 0.799. The minimum atomic E-state index is -0.750. The number of carbonyl (C=O) groups excluding carboxylic acids is 1. The molecule has 1 saturated heterocycles. The van der Waals surface area contributed by atoms with Crippen molar-refractivity contribution < 1.29 is 19.4 Å². The molecule has 3 rings (SSSR count). The van der Waals surface area contributed by atoms with Gasteiger partial charge in [0, 0.05) is 30.0 Å². The fourth-order valence-corrected chi connectivity index (χ4v) is 4.18. The SMILES string of the molecule is COc1ccccc1C1SCCN1C(=O)c1cc([N+](=O)[O-])cc([N+](=O)[O-])c1. The normalized spacial score (nSPS) is 16.2. The van der Waals surface area contributed by atoms with E-state index in [4.69, 9.17) is 4.74 Å². The lowest BCUT2D eigenvalue weighted by atomic mass is 10.1. The first-order chi connectivity index (χ1) is 12.9. The fourth-order valence-electron chi connectivity index (χ4n) is 2.90. The lowest BCUT2D eigenvalue weighted by Gasteiger charge is -2.25. The molecule has 27 heavy (non-hydrogen) atoms. The Balaban J connectivity index is 1.99. The summed E-state index contributed by atoms with van der Waals surface area (Å²) in [6.45, 7) is 0.419. The number of ether oxygens (including phenoxy) is 1. The minimum Gasteiger partial charge on any atom is -0.496 e. The molecule has 0 saturated carbocycles. The quantitative estimate of drug-likeness (QED) is 0.568. The molecule has 0 spiro atoms. The second-order valence-corrected chi connectivity index (χ2v) is 6.90. The zero-order valence-corrected chi connectivity index (χ0v) is 15.0. The van der Waals surface area contributed by atoms with Gasteiger partial charge in [0.15, 0.2) is 0 Å². The summed E-state index contributed by atoms with van der Waals surface area (Å²) in [6.07, 6.45) is 0. The van der Waals surface area contributed by atoms with Gasteiger partial charge in [-0.3, -0.25) is 25.0 Å². The number of hydrogen-bond acceptors (Lipinski definition) is 7. The standard InChI is InChI=1S/C17H15N3O6S/c1-26-15-5-3-2-4-14(15)17-18(6-7-27-17)16(21)11-8-12(19(22)23)10-13(9-11)20(24)25/h2-5,8-10,17H,6-7H2,1H3. The monoisotopic (exact) mass is 389 g/mol. The molecule has 1 aliphatic heterocycles. The summed E-state index contributed by atoms with van der Waals surface area (Å²) in [6, 6.07) is 10.3. The maximum absolute atomic E-state index is 13.0. The first-order valence-electron chi connectivity index (χ1n) is 7.91. The third kappa shape index (κ3) is 3.70. The number of hydrogen-bond donors (Lipinski definition) is 0. The van der Waals surface area contributed by atoms with Crippen LogP contribution in [-0.2, 0) is 0 Å². The van der Waals surface area contributed by atoms with Crippen molar-refractivity contribution in [2.24, 2.45) is 0 Å². The van der Waals surface area contributed by atoms with Crippen LogP contribution in [0.15, 0.2) is 42.5 Å². The number of para-hydroxylation sites is 1. The van der Waals surface area contributed by atoms with E-state index >= 15 is 0 Å². The van der Waals surface area contributed by atoms with E-state index in [1.807, 2.05) is 18.2 Å². The minimum absolute atomic E-state index is 0.0849. The maximum atomic E-state index is 13.0. The van der Waals surface area contributed by atoms with Gasteiger partial charge in [0.05, 0.1) is 28.6 Å². The van der Waals surface area contributed by atoms with Crippen LogP contribution in [0.1, 0.15) is 21.3 Å². The summed E-state index contributed by atoms with van der Waals surface area (Å²) in [5.41, 5.74) is -0.268. The molecule has 10 heteroatoms. The van der Waals surface area contributed by atoms with Crippen LogP contribution >= 0.6 is 11.8 Å². The van der Waals surface area contributed by atoms with Crippen molar-refractivity contribution in [1.29, 1.82) is 0 Å². The molecule has 1 amide bonds. The number of non-ortho nitro benzene ring substituents is 2. The lowest BCUT2D eigenvalue weighted by molar-refractivity contribution is -0.394. The number of amides is 1. The summed E-state index contributed by atoms with van der Waals surface area (Å²) >= 11 is 1.53. The van der Waals surface area contributed by atoms with Gasteiger partial charge in [-0.25, -0.2) is 0 Å². The van der Waals surface area contributed by atoms with Crippen molar-refractivity contribution in [2.75, 3.05) is 19.4 Å². The Labute approximate surface area is 158 Å². The molecule has 0 aliphatic carbocycles. The third-order valence-electron chi connectivity index (χ3n) is 4.13. The van der Waals surface area contributed by atoms with Gasteiger partial charge in [0.1, 0.15) is 11.1 Å². The Bertz CT molecular complexity index is 887. The van der Waals surface area contributed by atoms with E-state index in [9.17, 15) is 25.0 Å². The zero-order valence-electron chi connectivity index (χ0n) is 14.2. The number of nitrogens with zero attached hydrogens (tertiary/aromatic N) is 3. The van der Waals surface area contributed by atoms with Crippen molar-refractivity contribution in [3.63, 3.8) is 0 Å². The molecule has 1 heterocycles. The van der Waals surface area contributed by atoms with Crippen LogP contribution < -0.4 is 4.74 Å². The van der Waals surface area contributed by atoms with Gasteiger partial charge in [0.2, 0.25) is 0 Å². The summed E-state index contributed by atoms with van der Waals surface area (Å²) in [5, 5.41) is 21.8. The predicted octanol–water partition coefficient (Wildman–Crippen LogP) is 3.40. The number of carbonyl (C=O) groups is 1. The Kier molecular flexibility index (Phi) is 5.26. The van der Waals surface area contributed by atoms with E-state index in [0.717, 1.165) is 23.8 Å². The Hall–Kier alpha value is -3.14. The topological polar surface area (TPSA) is 116 Å². The molecule has 1 atom stereocenters. The van der Waals surface area contributed by atoms with Gasteiger partial charge in [-0.15, -0.1) is 11.8 Å². The van der Waals surface area contributed by atoms with Gasteiger partial charge < -0.3 is 9.64 Å². The van der Waals surface area contributed by atoms with E-state index in [1.165, 1.54) is 18.9 Å². The highest BCUT2D eigenvalue weighted by Gasteiger charge is 2.34. The molecular formula is C17H15N3O6S. The zero-order chi connectivity index (χ0) is 19.6. The summed E-state index contributed by atoms with van der Waals surface area (Å²) in [7, 11) is 1.54. The van der Waals surface area contributed by atoms with E-state index < -0.39 is 27.1 Å². The largest absolute Gasteiger partial charge is 0.496 e. The molecule has 0 aromatic heterocycles. The number of methoxy groups -OCH3 is 1. The molecule has 0 N–H and O–H groups in total. The molecular weight excluding hydrogens is 374 g/mol. The molecule has 9 nitrogen and oxygen atoms in total. The van der Waals surface area contributed by atoms with Crippen molar-refractivity contribution in [2.45, 2.75) is 5.37 Å². The number of benzene rings is 2. The van der Waals surface area contributed by atoms with Crippen molar-refractivity contribution in [3.8, 4) is 5.75 Å². The Morgan fingerprint density at radius 3 is 2.37 bits per heavy atom. The van der Waals surface area contributed by atoms with Crippen LogP contribution in [0.2, 0.25) is 0 Å². The number of nitro benzene ring substituents is 2. The summed E-state index contributed by atoms with van der Waals surface area (Å²) in [4.78, 5) is 35.2. The molecule has 2 aromatic carbocycles. The molecule has 0 radical (unpaired) electrons. The molecule has 140 valence electrons. The third-order valence-corrected chi connectivity index (χ3v) is 5.37. The van der Waals surface area contributed by atoms with Gasteiger partial charge in [-0.05, 0) is 6.07 Å². The van der Waals surface area contributed by atoms with Crippen LogP contribution in [0.5, 0.6) is 5.75 Å². The van der Waals surface area contributed by atoms with Crippen molar-refractivity contribution in [1.82, 2.24) is 4.90 Å². The highest BCUT2D eigenvalue weighted by atomic mass is 32.2. The van der Waals surface area contributed by atoms with E-state index in [2.05, 4.69) is 0 Å². The van der Waals surface area contributed by atoms with Crippen molar-refractivity contribution >= 4 is 29.0 Å². The smallest absolute Gasteiger partial charge is 0.277 e. The molecule has 2 aromatic rings. The average Bonchev–Trinajstić information content (AvgIpc) is 3.16. The fraction of sp³-hybridized carbons (Fsp3) is 0.235. The van der Waals surface area contributed by atoms with Crippen LogP contribution in [0.25, 0.3) is 0 Å². The summed E-state index contributed by atoms with van der Waals surface area (Å²) < 4.78 is 5.36. The van der Waals surface area contributed by atoms with Crippen LogP contribution in [-0.4, -0.2) is 40.1 Å². The predicted molar refractivity (Wildman–Crippen MR) is 99.0 cm³/mol. The molecule has 1 unspecified atom stereocenters. The van der Waals surface area contributed by atoms with E-state index in [0.29, 0.717) is 18.0 Å². The highest BCUT2D eigenvalue weighted by Crippen LogP contribution is 2.42. The van der Waals surface area contributed by atoms with Gasteiger partial charge >= 0.3 is 0 Å². The van der Waals surface area contributed by atoms with Gasteiger partial charge in [0.25, 0.3) is 17.3 Å². The van der Waals surface area contributed by atoms with Crippen LogP contribution in [0.4, 0.5) is 11.4 Å². The van der Waals surface area contributed by atoms with Crippen LogP contribution in [0, 0.1) is 20.2 Å². The number of rotatable bonds is 5. The van der Waals surface area contributed by atoms with E-state index in [-0.39, 0.29) is 10.9 Å². The van der Waals surface area contributed by atoms with E-state index in [1.54, 1.807) is 11.0 Å². The van der Waals surface area contributed by atoms with Crippen LogP contribution in [0.3, 0.4) is 0 Å². The Morgan fingerprint density at radius 2 is 1.78 bits per heavy atom. The van der Waals surface area contributed by atoms with Gasteiger partial charge in [-0.2, -0.15) is 0 Å². The maximum Gasteiger partial charge on any atom is 0.277 e. The Morgan fingerprint density at radius 1 is 1.15 bits per heavy atom. The first kappa shape index (κ1) is 18.6. The molecule has 1 aliphatic rings. The first-order valence-corrected chi connectivity index (χ1v) is 8.96. The number of nitro groups is 2. The lowest BCUT2D eigenvalue weighted by Crippen LogP contribution is -2.30. The number of thioether (sulfide) groups is 1. The molecule has 1 fully saturated rings.